The molecule has 0 fully saturated rings. The molecule has 0 radical (unpaired) electrons. The molecule has 1 heterocycles. The first-order chi connectivity index (χ1) is 7.22. The van der Waals surface area contributed by atoms with E-state index in [1.165, 1.54) is 18.0 Å². The largest absolute Gasteiger partial charge is 0.389 e. The van der Waals surface area contributed by atoms with E-state index in [-0.39, 0.29) is 24.5 Å². The van der Waals surface area contributed by atoms with E-state index in [1.54, 1.807) is 6.07 Å². The molecule has 0 aliphatic rings. The van der Waals surface area contributed by atoms with Gasteiger partial charge in [-0.25, -0.2) is 4.98 Å². The minimum atomic E-state index is -0.720. The fourth-order valence-electron chi connectivity index (χ4n) is 1.19. The van der Waals surface area contributed by atoms with Crippen molar-refractivity contribution >= 4 is 0 Å². The number of rotatable bonds is 4. The van der Waals surface area contributed by atoms with Crippen molar-refractivity contribution in [3.05, 3.63) is 17.7 Å². The molecule has 0 saturated carbocycles. The summed E-state index contributed by atoms with van der Waals surface area (Å²) in [7, 11) is 1.48. The normalized spacial score (nSPS) is 11.7. The standard InChI is InChI=1S/C9H10N4O2/c1-15-5-7(14)4-13-6-12-8(2-10)9(13)3-11/h6-7,14H,4-5H2,1H3. The number of aliphatic hydroxyl groups is 1. The number of aromatic nitrogens is 2. The average molecular weight is 206 g/mol. The van der Waals surface area contributed by atoms with E-state index in [4.69, 9.17) is 15.3 Å². The van der Waals surface area contributed by atoms with Crippen LogP contribution in [0, 0.1) is 22.7 Å². The Morgan fingerprint density at radius 1 is 1.60 bits per heavy atom. The first-order valence-corrected chi connectivity index (χ1v) is 4.25. The number of imidazole rings is 1. The van der Waals surface area contributed by atoms with E-state index < -0.39 is 6.10 Å². The molecule has 0 spiro atoms. The van der Waals surface area contributed by atoms with Crippen LogP contribution in [0.25, 0.3) is 0 Å². The molecule has 0 aromatic carbocycles. The van der Waals surface area contributed by atoms with Crippen molar-refractivity contribution in [2.24, 2.45) is 0 Å². The number of aliphatic hydroxyl groups excluding tert-OH is 1. The van der Waals surface area contributed by atoms with Crippen LogP contribution in [0.1, 0.15) is 11.4 Å². The second kappa shape index (κ2) is 5.11. The van der Waals surface area contributed by atoms with Gasteiger partial charge < -0.3 is 14.4 Å². The molecular formula is C9H10N4O2. The molecule has 1 unspecified atom stereocenters. The highest BCUT2D eigenvalue weighted by Crippen LogP contribution is 2.06. The van der Waals surface area contributed by atoms with Gasteiger partial charge in [-0.3, -0.25) is 0 Å². The molecule has 78 valence electrons. The van der Waals surface area contributed by atoms with Crippen molar-refractivity contribution in [1.82, 2.24) is 9.55 Å². The van der Waals surface area contributed by atoms with Crippen LogP contribution in [0.2, 0.25) is 0 Å². The highest BCUT2D eigenvalue weighted by Gasteiger charge is 2.12. The summed E-state index contributed by atoms with van der Waals surface area (Å²) in [6, 6.07) is 3.67. The third kappa shape index (κ3) is 2.53. The Morgan fingerprint density at radius 2 is 2.33 bits per heavy atom. The zero-order valence-corrected chi connectivity index (χ0v) is 8.21. The monoisotopic (exact) mass is 206 g/mol. The minimum Gasteiger partial charge on any atom is -0.389 e. The molecule has 1 N–H and O–H groups in total. The fraction of sp³-hybridized carbons (Fsp3) is 0.444. The van der Waals surface area contributed by atoms with Crippen molar-refractivity contribution in [2.45, 2.75) is 12.6 Å². The van der Waals surface area contributed by atoms with Crippen LogP contribution in [-0.4, -0.2) is 34.5 Å². The highest BCUT2D eigenvalue weighted by atomic mass is 16.5. The van der Waals surface area contributed by atoms with E-state index >= 15 is 0 Å². The lowest BCUT2D eigenvalue weighted by atomic mass is 10.3. The van der Waals surface area contributed by atoms with E-state index in [0.29, 0.717) is 0 Å². The average Bonchev–Trinajstić information content (AvgIpc) is 2.60. The molecular weight excluding hydrogens is 196 g/mol. The molecule has 0 saturated heterocycles. The summed E-state index contributed by atoms with van der Waals surface area (Å²) < 4.78 is 6.18. The molecule has 1 aromatic heterocycles. The third-order valence-corrected chi connectivity index (χ3v) is 1.82. The van der Waals surface area contributed by atoms with Crippen LogP contribution in [0.15, 0.2) is 6.33 Å². The molecule has 0 bridgehead atoms. The second-order valence-electron chi connectivity index (χ2n) is 2.93. The van der Waals surface area contributed by atoms with Gasteiger partial charge in [0.05, 0.1) is 25.6 Å². The number of nitrogens with zero attached hydrogens (tertiary/aromatic N) is 4. The molecule has 6 nitrogen and oxygen atoms in total. The lowest BCUT2D eigenvalue weighted by molar-refractivity contribution is 0.0535. The predicted molar refractivity (Wildman–Crippen MR) is 49.5 cm³/mol. The van der Waals surface area contributed by atoms with Gasteiger partial charge in [0.25, 0.3) is 0 Å². The summed E-state index contributed by atoms with van der Waals surface area (Å²) >= 11 is 0. The second-order valence-corrected chi connectivity index (χ2v) is 2.93. The zero-order valence-electron chi connectivity index (χ0n) is 8.21. The number of hydrogen-bond acceptors (Lipinski definition) is 5. The highest BCUT2D eigenvalue weighted by molar-refractivity contribution is 5.36. The number of ether oxygens (including phenoxy) is 1. The van der Waals surface area contributed by atoms with Crippen molar-refractivity contribution < 1.29 is 9.84 Å². The Morgan fingerprint density at radius 3 is 2.87 bits per heavy atom. The van der Waals surface area contributed by atoms with Gasteiger partial charge in [-0.15, -0.1) is 0 Å². The van der Waals surface area contributed by atoms with Crippen LogP contribution >= 0.6 is 0 Å². The summed E-state index contributed by atoms with van der Waals surface area (Å²) in [5, 5.41) is 26.9. The van der Waals surface area contributed by atoms with Gasteiger partial charge in [-0.2, -0.15) is 10.5 Å². The Bertz CT molecular complexity index is 413. The van der Waals surface area contributed by atoms with Crippen molar-refractivity contribution in [2.75, 3.05) is 13.7 Å². The van der Waals surface area contributed by atoms with Crippen molar-refractivity contribution in [3.63, 3.8) is 0 Å². The van der Waals surface area contributed by atoms with Gasteiger partial charge >= 0.3 is 0 Å². The first kappa shape index (κ1) is 11.2. The summed E-state index contributed by atoms with van der Waals surface area (Å²) in [5.41, 5.74) is 0.231. The SMILES string of the molecule is COCC(O)Cn1cnc(C#N)c1C#N. The zero-order chi connectivity index (χ0) is 11.3. The number of nitriles is 2. The number of hydrogen-bond donors (Lipinski definition) is 1. The Labute approximate surface area is 87.0 Å². The first-order valence-electron chi connectivity index (χ1n) is 4.25. The van der Waals surface area contributed by atoms with Gasteiger partial charge in [-0.05, 0) is 0 Å². The minimum absolute atomic E-state index is 0.0714. The maximum atomic E-state index is 9.44. The van der Waals surface area contributed by atoms with Gasteiger partial charge in [0, 0.05) is 7.11 Å². The Kier molecular flexibility index (Phi) is 3.81. The molecule has 15 heavy (non-hydrogen) atoms. The topological polar surface area (TPSA) is 94.9 Å². The molecule has 1 aromatic rings. The molecule has 1 rings (SSSR count). The van der Waals surface area contributed by atoms with E-state index in [0.717, 1.165) is 0 Å². The third-order valence-electron chi connectivity index (χ3n) is 1.82. The van der Waals surface area contributed by atoms with Gasteiger partial charge in [0.1, 0.15) is 12.1 Å². The summed E-state index contributed by atoms with van der Waals surface area (Å²) in [5.74, 6) is 0. The van der Waals surface area contributed by atoms with E-state index in [1.807, 2.05) is 6.07 Å². The van der Waals surface area contributed by atoms with Crippen LogP contribution in [0.5, 0.6) is 0 Å². The summed E-state index contributed by atoms with van der Waals surface area (Å²) in [6.45, 7) is 0.357. The molecule has 0 aliphatic heterocycles. The van der Waals surface area contributed by atoms with Crippen molar-refractivity contribution in [3.8, 4) is 12.1 Å². The summed E-state index contributed by atoms with van der Waals surface area (Å²) in [6.07, 6.45) is 0.638. The van der Waals surface area contributed by atoms with Gasteiger partial charge in [0.15, 0.2) is 11.4 Å². The maximum Gasteiger partial charge on any atom is 0.176 e. The van der Waals surface area contributed by atoms with Gasteiger partial charge in [-0.1, -0.05) is 0 Å². The van der Waals surface area contributed by atoms with Gasteiger partial charge in [0.2, 0.25) is 0 Å². The molecule has 1 atom stereocenters. The van der Waals surface area contributed by atoms with E-state index in [2.05, 4.69) is 4.98 Å². The molecule has 0 amide bonds. The van der Waals surface area contributed by atoms with Crippen LogP contribution in [-0.2, 0) is 11.3 Å². The summed E-state index contributed by atoms with van der Waals surface area (Å²) in [4.78, 5) is 3.75. The van der Waals surface area contributed by atoms with Crippen molar-refractivity contribution in [1.29, 1.82) is 10.5 Å². The predicted octanol–water partition coefficient (Wildman–Crippen LogP) is -0.366. The number of methoxy groups -OCH3 is 1. The fourth-order valence-corrected chi connectivity index (χ4v) is 1.19. The lowest BCUT2D eigenvalue weighted by Crippen LogP contribution is -2.21. The molecule has 0 aliphatic carbocycles. The lowest BCUT2D eigenvalue weighted by Gasteiger charge is -2.10. The van der Waals surface area contributed by atoms with Crippen LogP contribution in [0.4, 0.5) is 0 Å². The quantitative estimate of drug-likeness (QED) is 0.725. The molecule has 6 heteroatoms. The van der Waals surface area contributed by atoms with E-state index in [9.17, 15) is 5.11 Å². The van der Waals surface area contributed by atoms with Crippen LogP contribution < -0.4 is 0 Å². The Hall–Kier alpha value is -1.89. The Balaban J connectivity index is 2.83. The van der Waals surface area contributed by atoms with Crippen LogP contribution in [0.3, 0.4) is 0 Å². The maximum absolute atomic E-state index is 9.44. The smallest absolute Gasteiger partial charge is 0.176 e.